The zero-order valence-electron chi connectivity index (χ0n) is 14.1. The summed E-state index contributed by atoms with van der Waals surface area (Å²) in [6.45, 7) is 3.52. The fourth-order valence-electron chi connectivity index (χ4n) is 2.24. The van der Waals surface area contributed by atoms with Gasteiger partial charge in [0.2, 0.25) is 10.0 Å². The number of rotatable bonds is 4. The average Bonchev–Trinajstić information content (AvgIpc) is 2.50. The number of esters is 1. The van der Waals surface area contributed by atoms with Crippen molar-refractivity contribution in [3.8, 4) is 5.75 Å². The van der Waals surface area contributed by atoms with E-state index in [0.29, 0.717) is 21.9 Å². The second-order valence-electron chi connectivity index (χ2n) is 5.69. The Morgan fingerprint density at radius 1 is 1.04 bits per heavy atom. The standard InChI is InChI=1S/C17H17Cl2NO4S/c1-10-7-12(18)8-11(2)16(10)24-17(21)14-9-13(5-6-15(14)19)25(22,23)20(3)4/h5-9H,1-4H3. The van der Waals surface area contributed by atoms with E-state index in [0.717, 1.165) is 4.31 Å². The molecule has 2 aromatic rings. The maximum atomic E-state index is 12.5. The number of hydrogen-bond donors (Lipinski definition) is 0. The highest BCUT2D eigenvalue weighted by Crippen LogP contribution is 2.29. The van der Waals surface area contributed by atoms with Crippen molar-refractivity contribution in [3.05, 3.63) is 57.1 Å². The van der Waals surface area contributed by atoms with Crippen molar-refractivity contribution < 1.29 is 17.9 Å². The number of hydrogen-bond acceptors (Lipinski definition) is 4. The molecule has 0 aliphatic carbocycles. The molecule has 0 unspecified atom stereocenters. The lowest BCUT2D eigenvalue weighted by molar-refractivity contribution is 0.0732. The number of sulfonamides is 1. The highest BCUT2D eigenvalue weighted by atomic mass is 35.5. The van der Waals surface area contributed by atoms with Gasteiger partial charge < -0.3 is 4.74 Å². The van der Waals surface area contributed by atoms with Gasteiger partial charge in [0.1, 0.15) is 5.75 Å². The van der Waals surface area contributed by atoms with Crippen molar-refractivity contribution in [3.63, 3.8) is 0 Å². The molecule has 0 radical (unpaired) electrons. The molecule has 0 aliphatic rings. The first-order chi connectivity index (χ1) is 11.5. The van der Waals surface area contributed by atoms with Gasteiger partial charge in [-0.25, -0.2) is 17.5 Å². The van der Waals surface area contributed by atoms with Gasteiger partial charge in [-0.2, -0.15) is 0 Å². The van der Waals surface area contributed by atoms with Crippen molar-refractivity contribution in [1.29, 1.82) is 0 Å². The van der Waals surface area contributed by atoms with E-state index in [1.165, 1.54) is 32.3 Å². The van der Waals surface area contributed by atoms with Crippen LogP contribution in [0.4, 0.5) is 0 Å². The lowest BCUT2D eigenvalue weighted by Crippen LogP contribution is -2.22. The number of nitrogens with zero attached hydrogens (tertiary/aromatic N) is 1. The van der Waals surface area contributed by atoms with E-state index >= 15 is 0 Å². The van der Waals surface area contributed by atoms with Crippen LogP contribution in [0.15, 0.2) is 35.2 Å². The van der Waals surface area contributed by atoms with Crippen LogP contribution in [-0.2, 0) is 10.0 Å². The van der Waals surface area contributed by atoms with E-state index in [4.69, 9.17) is 27.9 Å². The van der Waals surface area contributed by atoms with Gasteiger partial charge in [0, 0.05) is 19.1 Å². The minimum Gasteiger partial charge on any atom is -0.422 e. The molecule has 2 rings (SSSR count). The van der Waals surface area contributed by atoms with Gasteiger partial charge in [0.25, 0.3) is 0 Å². The zero-order valence-corrected chi connectivity index (χ0v) is 16.5. The molecular formula is C17H17Cl2NO4S. The molecule has 25 heavy (non-hydrogen) atoms. The van der Waals surface area contributed by atoms with E-state index in [1.54, 1.807) is 26.0 Å². The van der Waals surface area contributed by atoms with Crippen LogP contribution < -0.4 is 4.74 Å². The van der Waals surface area contributed by atoms with Gasteiger partial charge in [-0.05, 0) is 55.3 Å². The molecule has 0 aromatic heterocycles. The van der Waals surface area contributed by atoms with E-state index in [1.807, 2.05) is 0 Å². The predicted octanol–water partition coefficient (Wildman–Crippen LogP) is 4.08. The fraction of sp³-hybridized carbons (Fsp3) is 0.235. The first-order valence-electron chi connectivity index (χ1n) is 7.25. The second-order valence-corrected chi connectivity index (χ2v) is 8.68. The van der Waals surface area contributed by atoms with Crippen LogP contribution in [0.5, 0.6) is 5.75 Å². The molecule has 0 atom stereocenters. The predicted molar refractivity (Wildman–Crippen MR) is 98.2 cm³/mol. The molecule has 8 heteroatoms. The van der Waals surface area contributed by atoms with Crippen molar-refractivity contribution in [2.75, 3.05) is 14.1 Å². The summed E-state index contributed by atoms with van der Waals surface area (Å²) < 4.78 is 31.0. The lowest BCUT2D eigenvalue weighted by atomic mass is 10.1. The highest BCUT2D eigenvalue weighted by molar-refractivity contribution is 7.89. The summed E-state index contributed by atoms with van der Waals surface area (Å²) in [6.07, 6.45) is 0. The van der Waals surface area contributed by atoms with Crippen LogP contribution >= 0.6 is 23.2 Å². The van der Waals surface area contributed by atoms with Crippen LogP contribution in [0.1, 0.15) is 21.5 Å². The first kappa shape index (κ1) is 19.7. The molecule has 0 N–H and O–H groups in total. The van der Waals surface area contributed by atoms with Crippen LogP contribution in [0, 0.1) is 13.8 Å². The number of carbonyl (C=O) groups excluding carboxylic acids is 1. The van der Waals surface area contributed by atoms with Gasteiger partial charge in [0.05, 0.1) is 15.5 Å². The Labute approximate surface area is 157 Å². The third-order valence-corrected chi connectivity index (χ3v) is 5.92. The molecule has 0 aliphatic heterocycles. The Balaban J connectivity index is 2.44. The van der Waals surface area contributed by atoms with Crippen LogP contribution in [0.2, 0.25) is 10.0 Å². The molecule has 0 bridgehead atoms. The molecule has 134 valence electrons. The molecule has 0 saturated carbocycles. The summed E-state index contributed by atoms with van der Waals surface area (Å²) in [7, 11) is -0.885. The van der Waals surface area contributed by atoms with Gasteiger partial charge in [-0.1, -0.05) is 23.2 Å². The largest absolute Gasteiger partial charge is 0.422 e. The normalized spacial score (nSPS) is 11.6. The maximum Gasteiger partial charge on any atom is 0.345 e. The van der Waals surface area contributed by atoms with E-state index < -0.39 is 16.0 Å². The summed E-state index contributed by atoms with van der Waals surface area (Å²) >= 11 is 12.0. The molecule has 0 heterocycles. The number of aryl methyl sites for hydroxylation is 2. The van der Waals surface area contributed by atoms with Crippen molar-refractivity contribution in [1.82, 2.24) is 4.31 Å². The lowest BCUT2D eigenvalue weighted by Gasteiger charge is -2.14. The molecular weight excluding hydrogens is 385 g/mol. The summed E-state index contributed by atoms with van der Waals surface area (Å²) in [6, 6.07) is 7.25. The van der Waals surface area contributed by atoms with Gasteiger partial charge in [-0.15, -0.1) is 0 Å². The first-order valence-corrected chi connectivity index (χ1v) is 9.44. The number of halogens is 2. The molecule has 0 amide bonds. The summed E-state index contributed by atoms with van der Waals surface area (Å²) in [5.74, 6) is -0.374. The molecule has 5 nitrogen and oxygen atoms in total. The third-order valence-electron chi connectivity index (χ3n) is 3.56. The molecule has 0 fully saturated rings. The van der Waals surface area contributed by atoms with E-state index in [-0.39, 0.29) is 15.5 Å². The second kappa shape index (κ2) is 7.33. The molecule has 0 saturated heterocycles. The molecule has 2 aromatic carbocycles. The Morgan fingerprint density at radius 2 is 1.60 bits per heavy atom. The minimum absolute atomic E-state index is 0.0293. The Kier molecular flexibility index (Phi) is 5.79. The monoisotopic (exact) mass is 401 g/mol. The number of benzene rings is 2. The summed E-state index contributed by atoms with van der Waals surface area (Å²) in [5.41, 5.74) is 1.34. The average molecular weight is 402 g/mol. The number of ether oxygens (including phenoxy) is 1. The summed E-state index contributed by atoms with van der Waals surface area (Å²) in [5, 5.41) is 0.638. The van der Waals surface area contributed by atoms with E-state index in [2.05, 4.69) is 0 Å². The highest BCUT2D eigenvalue weighted by Gasteiger charge is 2.22. The van der Waals surface area contributed by atoms with Crippen LogP contribution in [0.3, 0.4) is 0 Å². The van der Waals surface area contributed by atoms with Gasteiger partial charge in [-0.3, -0.25) is 0 Å². The Morgan fingerprint density at radius 3 is 2.12 bits per heavy atom. The van der Waals surface area contributed by atoms with E-state index in [9.17, 15) is 13.2 Å². The van der Waals surface area contributed by atoms with Crippen LogP contribution in [0.25, 0.3) is 0 Å². The van der Waals surface area contributed by atoms with Crippen LogP contribution in [-0.4, -0.2) is 32.8 Å². The van der Waals surface area contributed by atoms with Crippen molar-refractivity contribution in [2.45, 2.75) is 18.7 Å². The molecule has 0 spiro atoms. The SMILES string of the molecule is Cc1cc(Cl)cc(C)c1OC(=O)c1cc(S(=O)(=O)N(C)C)ccc1Cl. The summed E-state index contributed by atoms with van der Waals surface area (Å²) in [4.78, 5) is 12.5. The zero-order chi connectivity index (χ0) is 18.9. The minimum atomic E-state index is -3.70. The smallest absolute Gasteiger partial charge is 0.345 e. The third kappa shape index (κ3) is 4.15. The Bertz CT molecular complexity index is 917. The van der Waals surface area contributed by atoms with Crippen molar-refractivity contribution in [2.24, 2.45) is 0 Å². The number of carbonyl (C=O) groups is 1. The Hall–Kier alpha value is -1.60. The maximum absolute atomic E-state index is 12.5. The topological polar surface area (TPSA) is 63.7 Å². The fourth-order valence-corrected chi connectivity index (χ4v) is 3.69. The van der Waals surface area contributed by atoms with Crippen molar-refractivity contribution >= 4 is 39.2 Å². The van der Waals surface area contributed by atoms with Gasteiger partial charge in [0.15, 0.2) is 0 Å². The van der Waals surface area contributed by atoms with Gasteiger partial charge >= 0.3 is 5.97 Å². The quantitative estimate of drug-likeness (QED) is 0.571.